The van der Waals surface area contributed by atoms with Crippen molar-refractivity contribution < 1.29 is 164 Å². The van der Waals surface area contributed by atoms with Gasteiger partial charge in [-0.1, -0.05) is 237 Å². The van der Waals surface area contributed by atoms with Gasteiger partial charge in [0, 0.05) is 34.2 Å². The van der Waals surface area contributed by atoms with Crippen LogP contribution in [0.3, 0.4) is 0 Å². The first-order chi connectivity index (χ1) is 38.5. The summed E-state index contributed by atoms with van der Waals surface area (Å²) in [5, 5.41) is 62.9. The number of hydrogen-bond acceptors (Lipinski definition) is 18. The van der Waals surface area contributed by atoms with Gasteiger partial charge in [-0.05, 0) is 74.0 Å². The predicted octanol–water partition coefficient (Wildman–Crippen LogP) is 5.82. The molecule has 0 heterocycles. The van der Waals surface area contributed by atoms with E-state index in [1.54, 1.807) is 0 Å². The van der Waals surface area contributed by atoms with Gasteiger partial charge >= 0.3 is 65.4 Å². The fourth-order valence-corrected chi connectivity index (χ4v) is 14.4. The number of hydrogen-bond donors (Lipinski definition) is 3. The molecule has 0 aliphatic rings. The first kappa shape index (κ1) is 93.5. The minimum Gasteiger partial charge on any atom is -0.549 e. The fraction of sp³-hybridized carbons (Fsp3) is 0.900. The van der Waals surface area contributed by atoms with Gasteiger partial charge in [-0.2, -0.15) is 25.3 Å². The molecule has 498 valence electrons. The third kappa shape index (κ3) is 39.2. The Morgan fingerprint density at radius 1 is 0.279 bits per heavy atom. The number of aliphatic carboxylic acids is 6. The van der Waals surface area contributed by atoms with E-state index in [0.29, 0.717) is 113 Å². The molecule has 0 aliphatic carbocycles. The normalized spacial score (nSPS) is 13.5. The molecule has 3 unspecified atom stereocenters. The summed E-state index contributed by atoms with van der Waals surface area (Å²) in [5.41, 5.74) is -6.58. The van der Waals surface area contributed by atoms with Crippen molar-refractivity contribution in [3.8, 4) is 0 Å². The zero-order chi connectivity index (χ0) is 65.9. The molecule has 86 heavy (non-hydrogen) atoms. The second-order valence-corrected chi connectivity index (χ2v) is 30.4. The molecule has 0 spiro atoms. The molecule has 0 saturated carbocycles. The molecule has 0 bridgehead atoms. The fourth-order valence-electron chi connectivity index (χ4n) is 11.0. The minimum atomic E-state index is -5.16. The summed E-state index contributed by atoms with van der Waals surface area (Å²) < 4.78 is 98.7. The van der Waals surface area contributed by atoms with Crippen LogP contribution in [0, 0.1) is 51.8 Å². The molecule has 0 aromatic carbocycles. The SMILES string of the molecule is CC(C)CCCCCC(CCCCCC(C)C)(C(=O)[O-])C(C(=O)[O-])S(=O)(=O)O.CC(C)CCCCCC(CCCCCC(C)C)(C(=O)[O-])C(C(=O)[O-])S(=O)(=O)O.CC(C)CCCCCC(CCCCCC(C)C)(C(=O)[O-])C(C(=O)[O-])S(=O)(=O)O.[Y+3].[Y+3]. The Morgan fingerprint density at radius 3 is 0.488 bits per heavy atom. The number of carbonyl (C=O) groups is 6. The van der Waals surface area contributed by atoms with Gasteiger partial charge in [0.25, 0.3) is 30.4 Å². The number of carboxylic acids is 6. The third-order valence-electron chi connectivity index (χ3n) is 15.7. The van der Waals surface area contributed by atoms with E-state index in [-0.39, 0.29) is 104 Å². The first-order valence-electron chi connectivity index (χ1n) is 30.7. The molecule has 0 aromatic heterocycles. The summed E-state index contributed by atoms with van der Waals surface area (Å²) in [6, 6.07) is 0. The molecule has 0 aliphatic heterocycles. The average molecular weight is 1440 g/mol. The number of unbranched alkanes of at least 4 members (excludes halogenated alkanes) is 12. The quantitative estimate of drug-likeness (QED) is 0.0477. The van der Waals surface area contributed by atoms with Gasteiger partial charge in [0.1, 0.15) is 15.7 Å². The summed E-state index contributed by atoms with van der Waals surface area (Å²) in [7, 11) is -15.5. The monoisotopic (exact) mass is 1440 g/mol. The van der Waals surface area contributed by atoms with Crippen molar-refractivity contribution in [3.05, 3.63) is 0 Å². The average Bonchev–Trinajstić information content (AvgIpc) is 3.46. The first-order valence-corrected chi connectivity index (χ1v) is 35.2. The molecule has 0 saturated heterocycles. The van der Waals surface area contributed by atoms with Gasteiger partial charge in [-0.3, -0.25) is 13.7 Å². The number of rotatable bonds is 48. The maximum absolute atomic E-state index is 12.0. The van der Waals surface area contributed by atoms with E-state index in [1.807, 2.05) is 0 Å². The van der Waals surface area contributed by atoms with Gasteiger partial charge in [0.15, 0.2) is 0 Å². The van der Waals surface area contributed by atoms with E-state index in [1.165, 1.54) is 0 Å². The van der Waals surface area contributed by atoms with Crippen LogP contribution in [0.1, 0.15) is 276 Å². The zero-order valence-corrected chi connectivity index (χ0v) is 62.1. The Kier molecular flexibility index (Phi) is 51.8. The Balaban J connectivity index is -0.000000377. The van der Waals surface area contributed by atoms with Crippen molar-refractivity contribution in [2.75, 3.05) is 0 Å². The van der Waals surface area contributed by atoms with Crippen LogP contribution in [0.5, 0.6) is 0 Å². The van der Waals surface area contributed by atoms with Crippen molar-refractivity contribution >= 4 is 66.2 Å². The topological polar surface area (TPSA) is 404 Å². The van der Waals surface area contributed by atoms with Crippen LogP contribution in [0.4, 0.5) is 0 Å². The van der Waals surface area contributed by atoms with Crippen LogP contribution < -0.4 is 30.6 Å². The second-order valence-electron chi connectivity index (χ2n) is 25.9. The molecule has 3 N–H and O–H groups in total. The Bertz CT molecular complexity index is 1950. The summed E-state index contributed by atoms with van der Waals surface area (Å²) in [6.07, 6.45) is 15.4. The van der Waals surface area contributed by atoms with E-state index < -0.39 is 98.2 Å². The number of carbonyl (C=O) groups excluding carboxylic acids is 6. The van der Waals surface area contributed by atoms with Crippen molar-refractivity contribution in [1.82, 2.24) is 0 Å². The molecule has 21 nitrogen and oxygen atoms in total. The van der Waals surface area contributed by atoms with E-state index in [2.05, 4.69) is 83.1 Å². The van der Waals surface area contributed by atoms with Crippen molar-refractivity contribution in [2.45, 2.75) is 291 Å². The summed E-state index contributed by atoms with van der Waals surface area (Å²) in [6.45, 7) is 24.8. The van der Waals surface area contributed by atoms with E-state index >= 15 is 0 Å². The molecular formula is C60H108O21S3Y2. The van der Waals surface area contributed by atoms with Crippen molar-refractivity contribution in [1.29, 1.82) is 0 Å². The van der Waals surface area contributed by atoms with Gasteiger partial charge in [-0.15, -0.1) is 0 Å². The molecule has 0 radical (unpaired) electrons. The standard InChI is InChI=1S/3C20H38O7S.2Y/c3*1-15(2)11-7-5-9-13-20(19(23)24,14-10-6-8-12-16(3)4)17(18(21)22)28(25,26)27;;/h3*15-17H,5-14H2,1-4H3,(H,21,22)(H,23,24)(H,25,26,27);;/q;;;2*+3/p-6. The molecule has 3 atom stereocenters. The van der Waals surface area contributed by atoms with Crippen LogP contribution in [0.15, 0.2) is 0 Å². The van der Waals surface area contributed by atoms with E-state index in [0.717, 1.165) is 77.0 Å². The molecule has 0 amide bonds. The van der Waals surface area contributed by atoms with E-state index in [9.17, 15) is 98.3 Å². The largest absolute Gasteiger partial charge is 3.00 e. The zero-order valence-electron chi connectivity index (χ0n) is 54.0. The summed E-state index contributed by atoms with van der Waals surface area (Å²) >= 11 is 0. The molecule has 26 heteroatoms. The predicted molar refractivity (Wildman–Crippen MR) is 311 cm³/mol. The van der Waals surface area contributed by atoms with E-state index in [4.69, 9.17) is 0 Å². The molecule has 0 fully saturated rings. The maximum Gasteiger partial charge on any atom is 3.00 e. The Morgan fingerprint density at radius 2 is 0.407 bits per heavy atom. The molecule has 0 aromatic rings. The molecular weight excluding hydrogens is 1330 g/mol. The van der Waals surface area contributed by atoms with Crippen LogP contribution in [0.25, 0.3) is 0 Å². The number of carboxylic acid groups (broad SMARTS) is 6. The maximum atomic E-state index is 12.0. The second kappa shape index (κ2) is 47.6. The summed E-state index contributed by atoms with van der Waals surface area (Å²) in [5.74, 6) is -8.65. The van der Waals surface area contributed by atoms with Crippen molar-refractivity contribution in [3.63, 3.8) is 0 Å². The van der Waals surface area contributed by atoms with Crippen LogP contribution in [0.2, 0.25) is 0 Å². The smallest absolute Gasteiger partial charge is 0.549 e. The Hall–Kier alpha value is -1.24. The molecule has 0 rings (SSSR count). The van der Waals surface area contributed by atoms with Gasteiger partial charge in [0.05, 0.1) is 17.9 Å². The van der Waals surface area contributed by atoms with Crippen molar-refractivity contribution in [2.24, 2.45) is 51.8 Å². The summed E-state index contributed by atoms with van der Waals surface area (Å²) in [4.78, 5) is 70.5. The van der Waals surface area contributed by atoms with Crippen LogP contribution >= 0.6 is 0 Å². The van der Waals surface area contributed by atoms with Gasteiger partial charge in [-0.25, -0.2) is 0 Å². The third-order valence-corrected chi connectivity index (χ3v) is 19.4. The Labute approximate surface area is 568 Å². The van der Waals surface area contributed by atoms with Gasteiger partial charge < -0.3 is 59.4 Å². The minimum absolute atomic E-state index is 0. The van der Waals surface area contributed by atoms with Gasteiger partial charge in [0.2, 0.25) is 0 Å². The van der Waals surface area contributed by atoms with Crippen LogP contribution in [-0.2, 0) is 125 Å². The van der Waals surface area contributed by atoms with Crippen LogP contribution in [-0.4, -0.2) is 90.5 Å².